The van der Waals surface area contributed by atoms with Gasteiger partial charge in [-0.2, -0.15) is 5.10 Å². The summed E-state index contributed by atoms with van der Waals surface area (Å²) in [7, 11) is 0. The van der Waals surface area contributed by atoms with Crippen molar-refractivity contribution in [2.24, 2.45) is 0 Å². The molecule has 1 aromatic heterocycles. The first-order chi connectivity index (χ1) is 12.2. The molecule has 0 aliphatic heterocycles. The van der Waals surface area contributed by atoms with Crippen LogP contribution in [-0.4, -0.2) is 56.8 Å². The summed E-state index contributed by atoms with van der Waals surface area (Å²) >= 11 is 0. The Morgan fingerprint density at radius 1 is 1.35 bits per heavy atom. The third-order valence-corrected chi connectivity index (χ3v) is 5.31. The van der Waals surface area contributed by atoms with Gasteiger partial charge in [-0.05, 0) is 59.1 Å². The van der Waals surface area contributed by atoms with Crippen molar-refractivity contribution in [3.8, 4) is 0 Å². The first kappa shape index (κ1) is 18.9. The van der Waals surface area contributed by atoms with Crippen molar-refractivity contribution < 1.29 is 14.7 Å². The number of hydrogen-bond donors (Lipinski definition) is 2. The van der Waals surface area contributed by atoms with Gasteiger partial charge in [0, 0.05) is 23.7 Å². The Morgan fingerprint density at radius 2 is 2.00 bits per heavy atom. The highest BCUT2D eigenvalue weighted by atomic mass is 16.4. The van der Waals surface area contributed by atoms with Crippen LogP contribution in [0, 0.1) is 0 Å². The fraction of sp³-hybridized carbons (Fsp3) is 0.737. The lowest BCUT2D eigenvalue weighted by molar-refractivity contribution is -0.139. The van der Waals surface area contributed by atoms with Crippen molar-refractivity contribution in [1.82, 2.24) is 20.0 Å². The largest absolute Gasteiger partial charge is 0.480 e. The monoisotopic (exact) mass is 362 g/mol. The van der Waals surface area contributed by atoms with Crippen molar-refractivity contribution in [3.05, 3.63) is 17.5 Å². The summed E-state index contributed by atoms with van der Waals surface area (Å²) < 4.78 is 1.99. The molecule has 2 N–H and O–H groups in total. The highest BCUT2D eigenvalue weighted by molar-refractivity contribution is 5.92. The average molecular weight is 362 g/mol. The predicted molar refractivity (Wildman–Crippen MR) is 98.4 cm³/mol. The molecular formula is C19H30N4O3. The Labute approximate surface area is 154 Å². The lowest BCUT2D eigenvalue weighted by Crippen LogP contribution is -2.54. The highest BCUT2D eigenvalue weighted by Gasteiger charge is 2.36. The zero-order chi connectivity index (χ0) is 19.1. The van der Waals surface area contributed by atoms with Crippen LogP contribution < -0.4 is 5.32 Å². The van der Waals surface area contributed by atoms with E-state index < -0.39 is 5.97 Å². The minimum Gasteiger partial charge on any atom is -0.480 e. The van der Waals surface area contributed by atoms with Crippen molar-refractivity contribution in [2.45, 2.75) is 76.9 Å². The van der Waals surface area contributed by atoms with Crippen LogP contribution >= 0.6 is 0 Å². The van der Waals surface area contributed by atoms with Crippen LogP contribution in [0.1, 0.15) is 75.5 Å². The third kappa shape index (κ3) is 4.09. The zero-order valence-corrected chi connectivity index (χ0v) is 16.2. The van der Waals surface area contributed by atoms with E-state index in [-0.39, 0.29) is 30.1 Å². The maximum absolute atomic E-state index is 12.6. The van der Waals surface area contributed by atoms with E-state index in [9.17, 15) is 9.59 Å². The maximum atomic E-state index is 12.6. The molecule has 1 amide bonds. The Bertz CT molecular complexity index is 681. The lowest BCUT2D eigenvalue weighted by Gasteiger charge is -2.42. The minimum atomic E-state index is -0.806. The van der Waals surface area contributed by atoms with Gasteiger partial charge in [-0.1, -0.05) is 6.92 Å². The van der Waals surface area contributed by atoms with Crippen LogP contribution in [0.2, 0.25) is 0 Å². The molecule has 7 heteroatoms. The topological polar surface area (TPSA) is 87.5 Å². The molecule has 2 aliphatic rings. The van der Waals surface area contributed by atoms with Crippen LogP contribution in [-0.2, 0) is 10.3 Å². The van der Waals surface area contributed by atoms with E-state index in [0.29, 0.717) is 18.2 Å². The smallest absolute Gasteiger partial charge is 0.317 e. The van der Waals surface area contributed by atoms with Gasteiger partial charge in [0.15, 0.2) is 0 Å². The summed E-state index contributed by atoms with van der Waals surface area (Å²) in [5.41, 5.74) is 1.51. The third-order valence-electron chi connectivity index (χ3n) is 5.31. The van der Waals surface area contributed by atoms with Gasteiger partial charge in [-0.25, -0.2) is 0 Å². The van der Waals surface area contributed by atoms with Crippen molar-refractivity contribution >= 4 is 11.9 Å². The number of aliphatic carboxylic acids is 1. The molecule has 0 saturated heterocycles. The van der Waals surface area contributed by atoms with Gasteiger partial charge in [0.1, 0.15) is 5.69 Å². The van der Waals surface area contributed by atoms with Crippen molar-refractivity contribution in [2.75, 3.05) is 13.1 Å². The van der Waals surface area contributed by atoms with E-state index in [4.69, 9.17) is 5.11 Å². The molecule has 7 nitrogen and oxygen atoms in total. The number of carbonyl (C=O) groups is 2. The summed E-state index contributed by atoms with van der Waals surface area (Å²) in [5.74, 6) is -0.398. The number of nitrogens with one attached hydrogen (secondary N) is 1. The van der Waals surface area contributed by atoms with Gasteiger partial charge in [0.25, 0.3) is 5.91 Å². The standard InChI is InChI=1S/C19H30N4O3/c1-5-22(11-17(24)25)14-8-13(9-14)20-18(26)15-10-16(12-6-7-12)23(21-15)19(2,3)4/h10,12-14H,5-9,11H2,1-4H3,(H,20,26)(H,24,25). The van der Waals surface area contributed by atoms with Crippen molar-refractivity contribution in [1.29, 1.82) is 0 Å². The van der Waals surface area contributed by atoms with E-state index in [1.807, 2.05) is 22.6 Å². The second-order valence-corrected chi connectivity index (χ2v) is 8.56. The summed E-state index contributed by atoms with van der Waals surface area (Å²) in [5, 5.41) is 16.6. The Morgan fingerprint density at radius 3 is 2.50 bits per heavy atom. The SMILES string of the molecule is CCN(CC(=O)O)C1CC(NC(=O)c2cc(C3CC3)n(C(C)(C)C)n2)C1. The normalized spacial score (nSPS) is 23.0. The molecule has 2 fully saturated rings. The second kappa shape index (κ2) is 7.02. The van der Waals surface area contributed by atoms with Gasteiger partial charge in [-0.15, -0.1) is 0 Å². The average Bonchev–Trinajstić information content (AvgIpc) is 3.24. The van der Waals surface area contributed by atoms with Crippen LogP contribution in [0.4, 0.5) is 0 Å². The lowest BCUT2D eigenvalue weighted by atomic mass is 9.85. The number of likely N-dealkylation sites (N-methyl/N-ethyl adjacent to an activating group) is 1. The number of amides is 1. The van der Waals surface area contributed by atoms with Gasteiger partial charge < -0.3 is 10.4 Å². The predicted octanol–water partition coefficient (Wildman–Crippen LogP) is 2.18. The Hall–Kier alpha value is -1.89. The van der Waals surface area contributed by atoms with Gasteiger partial charge >= 0.3 is 5.97 Å². The second-order valence-electron chi connectivity index (χ2n) is 8.56. The molecule has 0 spiro atoms. The number of carbonyl (C=O) groups excluding carboxylic acids is 1. The summed E-state index contributed by atoms with van der Waals surface area (Å²) in [6, 6.07) is 2.27. The molecule has 0 unspecified atom stereocenters. The van der Waals surface area contributed by atoms with E-state index in [0.717, 1.165) is 18.5 Å². The van der Waals surface area contributed by atoms with Crippen LogP contribution in [0.15, 0.2) is 6.07 Å². The van der Waals surface area contributed by atoms with Gasteiger partial charge in [0.05, 0.1) is 12.1 Å². The molecular weight excluding hydrogens is 332 g/mol. The maximum Gasteiger partial charge on any atom is 0.317 e. The first-order valence-electron chi connectivity index (χ1n) is 9.56. The molecule has 0 atom stereocenters. The molecule has 26 heavy (non-hydrogen) atoms. The Kier molecular flexibility index (Phi) is 5.10. The minimum absolute atomic E-state index is 0.0581. The first-order valence-corrected chi connectivity index (χ1v) is 9.56. The van der Waals surface area contributed by atoms with E-state index in [1.54, 1.807) is 0 Å². The molecule has 1 aromatic rings. The summed E-state index contributed by atoms with van der Waals surface area (Å²) in [6.45, 7) is 9.04. The molecule has 144 valence electrons. The zero-order valence-electron chi connectivity index (χ0n) is 16.2. The number of hydrogen-bond acceptors (Lipinski definition) is 4. The molecule has 0 bridgehead atoms. The molecule has 0 radical (unpaired) electrons. The quantitative estimate of drug-likeness (QED) is 0.776. The number of rotatable bonds is 7. The van der Waals surface area contributed by atoms with Crippen LogP contribution in [0.3, 0.4) is 0 Å². The molecule has 2 saturated carbocycles. The molecule has 1 heterocycles. The number of nitrogens with zero attached hydrogens (tertiary/aromatic N) is 3. The summed E-state index contributed by atoms with van der Waals surface area (Å²) in [4.78, 5) is 25.5. The van der Waals surface area contributed by atoms with E-state index in [1.165, 1.54) is 12.8 Å². The van der Waals surface area contributed by atoms with Crippen molar-refractivity contribution in [3.63, 3.8) is 0 Å². The van der Waals surface area contributed by atoms with Crippen LogP contribution in [0.25, 0.3) is 0 Å². The number of carboxylic acid groups (broad SMARTS) is 1. The van der Waals surface area contributed by atoms with E-state index in [2.05, 4.69) is 31.2 Å². The fourth-order valence-corrected chi connectivity index (χ4v) is 3.65. The Balaban J connectivity index is 1.59. The highest BCUT2D eigenvalue weighted by Crippen LogP contribution is 2.41. The fourth-order valence-electron chi connectivity index (χ4n) is 3.65. The molecule has 3 rings (SSSR count). The van der Waals surface area contributed by atoms with E-state index >= 15 is 0 Å². The van der Waals surface area contributed by atoms with Crippen LogP contribution in [0.5, 0.6) is 0 Å². The van der Waals surface area contributed by atoms with Gasteiger partial charge in [0.2, 0.25) is 0 Å². The number of carboxylic acids is 1. The summed E-state index contributed by atoms with van der Waals surface area (Å²) in [6.07, 6.45) is 3.93. The number of aromatic nitrogens is 2. The molecule has 2 aliphatic carbocycles. The molecule has 0 aromatic carbocycles. The van der Waals surface area contributed by atoms with Gasteiger partial charge in [-0.3, -0.25) is 19.2 Å².